The molecule has 0 aliphatic carbocycles. The van der Waals surface area contributed by atoms with Crippen molar-refractivity contribution in [1.82, 2.24) is 10.6 Å². The Labute approximate surface area is 133 Å². The smallest absolute Gasteiger partial charge is 0.0741 e. The predicted octanol–water partition coefficient (Wildman–Crippen LogP) is 3.17. The van der Waals surface area contributed by atoms with E-state index in [1.807, 2.05) is 17.8 Å². The lowest BCUT2D eigenvalue weighted by Crippen LogP contribution is -2.37. The molecule has 0 fully saturated rings. The number of hydrogen-bond acceptors (Lipinski definition) is 4. The molecule has 0 radical (unpaired) electrons. The zero-order chi connectivity index (χ0) is 15.2. The number of allylic oxidation sites excluding steroid dienone is 1. The van der Waals surface area contributed by atoms with E-state index in [4.69, 9.17) is 0 Å². The molecule has 2 aliphatic rings. The van der Waals surface area contributed by atoms with Crippen LogP contribution in [-0.2, 0) is 0 Å². The van der Waals surface area contributed by atoms with Gasteiger partial charge in [-0.25, -0.2) is 0 Å². The summed E-state index contributed by atoms with van der Waals surface area (Å²) in [5.41, 5.74) is 4.40. The van der Waals surface area contributed by atoms with Gasteiger partial charge in [0.2, 0.25) is 0 Å². The van der Waals surface area contributed by atoms with Crippen LogP contribution in [0.25, 0.3) is 0 Å². The molecule has 3 atom stereocenters. The third kappa shape index (κ3) is 4.76. The average Bonchev–Trinajstić information content (AvgIpc) is 2.64. The third-order valence-corrected chi connectivity index (χ3v) is 5.76. The molecule has 2 rings (SSSR count). The topological polar surface area (TPSA) is 44.3 Å². The normalized spacial score (nSPS) is 30.7. The highest BCUT2D eigenvalue weighted by molar-refractivity contribution is 8.00. The summed E-state index contributed by atoms with van der Waals surface area (Å²) >= 11 is 2.00. The maximum Gasteiger partial charge on any atom is 0.0741 e. The van der Waals surface area contributed by atoms with Crippen molar-refractivity contribution in [2.45, 2.75) is 70.4 Å². The lowest BCUT2D eigenvalue weighted by Gasteiger charge is -2.30. The molecule has 0 saturated carbocycles. The summed E-state index contributed by atoms with van der Waals surface area (Å²) in [4.78, 5) is 0. The minimum Gasteiger partial charge on any atom is -0.389 e. The van der Waals surface area contributed by atoms with Gasteiger partial charge >= 0.3 is 0 Å². The molecule has 120 valence electrons. The highest BCUT2D eigenvalue weighted by atomic mass is 32.2. The number of thioether (sulfide) groups is 1. The first-order valence-corrected chi connectivity index (χ1v) is 9.37. The Balaban J connectivity index is 1.97. The van der Waals surface area contributed by atoms with E-state index in [-0.39, 0.29) is 6.10 Å². The molecule has 2 heterocycles. The van der Waals surface area contributed by atoms with Crippen LogP contribution in [0.2, 0.25) is 0 Å². The van der Waals surface area contributed by atoms with Gasteiger partial charge in [-0.15, -0.1) is 11.8 Å². The molecular formula is C17H30N2OS. The molecule has 0 aromatic heterocycles. The average molecular weight is 311 g/mol. The Kier molecular flexibility index (Phi) is 6.65. The highest BCUT2D eigenvalue weighted by Crippen LogP contribution is 2.29. The molecule has 0 aromatic carbocycles. The van der Waals surface area contributed by atoms with Crippen LogP contribution in [0.15, 0.2) is 22.9 Å². The first kappa shape index (κ1) is 16.9. The number of rotatable bonds is 5. The van der Waals surface area contributed by atoms with Crippen molar-refractivity contribution in [2.24, 2.45) is 0 Å². The second-order valence-corrected chi connectivity index (χ2v) is 7.28. The van der Waals surface area contributed by atoms with Gasteiger partial charge in [0.15, 0.2) is 0 Å². The largest absolute Gasteiger partial charge is 0.389 e. The monoisotopic (exact) mass is 310 g/mol. The minimum atomic E-state index is -0.284. The summed E-state index contributed by atoms with van der Waals surface area (Å²) in [7, 11) is 0. The van der Waals surface area contributed by atoms with Crippen molar-refractivity contribution in [3.8, 4) is 0 Å². The molecule has 4 heteroatoms. The standard InChI is InChI=1S/C17H30N2OS/c1-4-13-8-9-18-16(5-2)15(13)11-21-17-7-6-14(20)10-12(3)19-17/h10,14,16-20H,4-9,11H2,1-3H3. The molecule has 3 unspecified atom stereocenters. The van der Waals surface area contributed by atoms with E-state index in [9.17, 15) is 5.11 Å². The van der Waals surface area contributed by atoms with Crippen LogP contribution in [0.4, 0.5) is 0 Å². The second-order valence-electron chi connectivity index (χ2n) is 6.09. The van der Waals surface area contributed by atoms with Gasteiger partial charge in [0.1, 0.15) is 0 Å². The maximum absolute atomic E-state index is 9.81. The molecule has 3 N–H and O–H groups in total. The zero-order valence-electron chi connectivity index (χ0n) is 13.6. The van der Waals surface area contributed by atoms with Gasteiger partial charge < -0.3 is 15.7 Å². The first-order valence-electron chi connectivity index (χ1n) is 8.32. The molecule has 0 aromatic rings. The van der Waals surface area contributed by atoms with Crippen LogP contribution in [0.1, 0.15) is 52.9 Å². The van der Waals surface area contributed by atoms with Crippen molar-refractivity contribution < 1.29 is 5.11 Å². The molecular weight excluding hydrogens is 280 g/mol. The van der Waals surface area contributed by atoms with Crippen molar-refractivity contribution in [3.63, 3.8) is 0 Å². The fourth-order valence-corrected chi connectivity index (χ4v) is 4.67. The number of aliphatic hydroxyl groups excluding tert-OH is 1. The highest BCUT2D eigenvalue weighted by Gasteiger charge is 2.22. The fraction of sp³-hybridized carbons (Fsp3) is 0.765. The minimum absolute atomic E-state index is 0.284. The second kappa shape index (κ2) is 8.25. The predicted molar refractivity (Wildman–Crippen MR) is 92.4 cm³/mol. The van der Waals surface area contributed by atoms with E-state index in [1.54, 1.807) is 11.1 Å². The number of nitrogens with one attached hydrogen (secondary N) is 2. The van der Waals surface area contributed by atoms with E-state index in [0.29, 0.717) is 11.4 Å². The van der Waals surface area contributed by atoms with Gasteiger partial charge in [-0.05, 0) is 57.2 Å². The molecule has 21 heavy (non-hydrogen) atoms. The van der Waals surface area contributed by atoms with Gasteiger partial charge in [0.25, 0.3) is 0 Å². The molecule has 0 amide bonds. The Morgan fingerprint density at radius 2 is 2.14 bits per heavy atom. The summed E-state index contributed by atoms with van der Waals surface area (Å²) in [6.07, 6.45) is 7.11. The van der Waals surface area contributed by atoms with Crippen LogP contribution < -0.4 is 10.6 Å². The molecule has 2 aliphatic heterocycles. The van der Waals surface area contributed by atoms with E-state index in [0.717, 1.165) is 30.8 Å². The Bertz CT molecular complexity index is 406. The zero-order valence-corrected chi connectivity index (χ0v) is 14.4. The molecule has 3 nitrogen and oxygen atoms in total. The summed E-state index contributed by atoms with van der Waals surface area (Å²) in [6.45, 7) is 7.74. The Morgan fingerprint density at radius 3 is 2.86 bits per heavy atom. The quantitative estimate of drug-likeness (QED) is 0.683. The third-order valence-electron chi connectivity index (χ3n) is 4.52. The fourth-order valence-electron chi connectivity index (χ4n) is 3.31. The van der Waals surface area contributed by atoms with Gasteiger partial charge in [0.05, 0.1) is 11.5 Å². The molecule has 0 bridgehead atoms. The van der Waals surface area contributed by atoms with Crippen LogP contribution in [0.3, 0.4) is 0 Å². The lowest BCUT2D eigenvalue weighted by molar-refractivity contribution is 0.211. The summed E-state index contributed by atoms with van der Waals surface area (Å²) in [5.74, 6) is 1.11. The van der Waals surface area contributed by atoms with Crippen molar-refractivity contribution >= 4 is 11.8 Å². The van der Waals surface area contributed by atoms with Gasteiger partial charge in [0, 0.05) is 17.5 Å². The maximum atomic E-state index is 9.81. The van der Waals surface area contributed by atoms with Gasteiger partial charge in [-0.1, -0.05) is 19.4 Å². The van der Waals surface area contributed by atoms with Crippen LogP contribution in [0.5, 0.6) is 0 Å². The summed E-state index contributed by atoms with van der Waals surface area (Å²) in [5, 5.41) is 17.4. The van der Waals surface area contributed by atoms with Crippen molar-refractivity contribution in [2.75, 3.05) is 12.3 Å². The lowest BCUT2D eigenvalue weighted by atomic mass is 9.92. The number of aliphatic hydroxyl groups is 1. The van der Waals surface area contributed by atoms with E-state index in [1.165, 1.54) is 19.3 Å². The first-order chi connectivity index (χ1) is 10.1. The summed E-state index contributed by atoms with van der Waals surface area (Å²) < 4.78 is 0. The van der Waals surface area contributed by atoms with Crippen molar-refractivity contribution in [1.29, 1.82) is 0 Å². The van der Waals surface area contributed by atoms with Crippen LogP contribution in [-0.4, -0.2) is 34.9 Å². The van der Waals surface area contributed by atoms with Crippen LogP contribution in [0, 0.1) is 0 Å². The molecule has 0 saturated heterocycles. The van der Waals surface area contributed by atoms with Crippen LogP contribution >= 0.6 is 11.8 Å². The SMILES string of the molecule is CCC1=C(CSC2CCC(O)C=C(C)N2)C(CC)NCC1. The number of hydrogen-bond donors (Lipinski definition) is 3. The van der Waals surface area contributed by atoms with Gasteiger partial charge in [-0.2, -0.15) is 0 Å². The van der Waals surface area contributed by atoms with Crippen molar-refractivity contribution in [3.05, 3.63) is 22.9 Å². The Morgan fingerprint density at radius 1 is 1.33 bits per heavy atom. The summed E-state index contributed by atoms with van der Waals surface area (Å²) in [6, 6.07) is 0.564. The van der Waals surface area contributed by atoms with E-state index >= 15 is 0 Å². The van der Waals surface area contributed by atoms with Gasteiger partial charge in [-0.3, -0.25) is 0 Å². The van der Waals surface area contributed by atoms with E-state index in [2.05, 4.69) is 31.4 Å². The molecule has 0 spiro atoms. The van der Waals surface area contributed by atoms with E-state index < -0.39 is 0 Å². The Hall–Kier alpha value is -0.450.